The Balaban J connectivity index is 2.06. The second-order valence-electron chi connectivity index (χ2n) is 6.13. The Morgan fingerprint density at radius 1 is 1.39 bits per heavy atom. The van der Waals surface area contributed by atoms with Gasteiger partial charge >= 0.3 is 5.97 Å². The standard InChI is InChI=1S/C16H22N2O4S/c1-10(2)13(17-14(19)12-6-4-8-23-12)15(20)18-7-3-5-11(9-18)16(21)22/h4,6,8,10-11,13H,3,5,7,9H2,1-2H3,(H,17,19)(H,21,22)/t11-,13?/m0/s1. The molecule has 7 heteroatoms. The van der Waals surface area contributed by atoms with Crippen LogP contribution < -0.4 is 5.32 Å². The second kappa shape index (κ2) is 7.59. The van der Waals surface area contributed by atoms with Gasteiger partial charge in [-0.15, -0.1) is 11.3 Å². The van der Waals surface area contributed by atoms with Crippen LogP contribution in [-0.2, 0) is 9.59 Å². The van der Waals surface area contributed by atoms with Crippen molar-refractivity contribution in [3.05, 3.63) is 22.4 Å². The monoisotopic (exact) mass is 338 g/mol. The summed E-state index contributed by atoms with van der Waals surface area (Å²) in [6.45, 7) is 4.50. The lowest BCUT2D eigenvalue weighted by atomic mass is 9.95. The van der Waals surface area contributed by atoms with Crippen LogP contribution >= 0.6 is 11.3 Å². The molecular formula is C16H22N2O4S. The molecule has 2 rings (SSSR count). The number of nitrogens with one attached hydrogen (secondary N) is 1. The van der Waals surface area contributed by atoms with Crippen LogP contribution in [0.4, 0.5) is 0 Å². The van der Waals surface area contributed by atoms with Crippen molar-refractivity contribution >= 4 is 29.1 Å². The van der Waals surface area contributed by atoms with E-state index in [2.05, 4.69) is 5.32 Å². The number of hydrogen-bond acceptors (Lipinski definition) is 4. The molecule has 0 aromatic carbocycles. The first-order chi connectivity index (χ1) is 10.9. The van der Waals surface area contributed by atoms with E-state index in [1.54, 1.807) is 17.0 Å². The summed E-state index contributed by atoms with van der Waals surface area (Å²) in [6, 6.07) is 2.86. The van der Waals surface area contributed by atoms with E-state index in [-0.39, 0.29) is 24.3 Å². The second-order valence-corrected chi connectivity index (χ2v) is 7.08. The molecule has 1 fully saturated rings. The van der Waals surface area contributed by atoms with E-state index in [1.807, 2.05) is 19.2 Å². The molecule has 2 atom stereocenters. The molecule has 0 radical (unpaired) electrons. The minimum Gasteiger partial charge on any atom is -0.481 e. The fourth-order valence-corrected chi connectivity index (χ4v) is 3.34. The van der Waals surface area contributed by atoms with Crippen molar-refractivity contribution in [2.24, 2.45) is 11.8 Å². The van der Waals surface area contributed by atoms with Crippen molar-refractivity contribution in [3.8, 4) is 0 Å². The quantitative estimate of drug-likeness (QED) is 0.857. The van der Waals surface area contributed by atoms with E-state index in [4.69, 9.17) is 5.11 Å². The summed E-state index contributed by atoms with van der Waals surface area (Å²) >= 11 is 1.32. The highest BCUT2D eigenvalue weighted by molar-refractivity contribution is 7.12. The smallest absolute Gasteiger partial charge is 0.308 e. The van der Waals surface area contributed by atoms with E-state index in [0.717, 1.165) is 0 Å². The number of thiophene rings is 1. The van der Waals surface area contributed by atoms with Crippen molar-refractivity contribution in [1.82, 2.24) is 10.2 Å². The maximum Gasteiger partial charge on any atom is 0.308 e. The van der Waals surface area contributed by atoms with Gasteiger partial charge in [0.25, 0.3) is 5.91 Å². The van der Waals surface area contributed by atoms with Crippen molar-refractivity contribution in [1.29, 1.82) is 0 Å². The van der Waals surface area contributed by atoms with Crippen LogP contribution in [0.2, 0.25) is 0 Å². The predicted octanol–water partition coefficient (Wildman–Crippen LogP) is 1.83. The SMILES string of the molecule is CC(C)C(NC(=O)c1cccs1)C(=O)N1CCC[C@H](C(=O)O)C1. The molecule has 1 aromatic rings. The first-order valence-electron chi connectivity index (χ1n) is 7.76. The Hall–Kier alpha value is -1.89. The van der Waals surface area contributed by atoms with Gasteiger partial charge in [0.05, 0.1) is 10.8 Å². The van der Waals surface area contributed by atoms with Gasteiger partial charge < -0.3 is 15.3 Å². The number of carbonyl (C=O) groups is 3. The van der Waals surface area contributed by atoms with Crippen LogP contribution in [0.15, 0.2) is 17.5 Å². The third-order valence-corrected chi connectivity index (χ3v) is 4.92. The summed E-state index contributed by atoms with van der Waals surface area (Å²) < 4.78 is 0. The number of rotatable bonds is 5. The molecule has 2 amide bonds. The van der Waals surface area contributed by atoms with Gasteiger partial charge in [-0.1, -0.05) is 19.9 Å². The first kappa shape index (κ1) is 17.5. The van der Waals surface area contributed by atoms with Crippen LogP contribution in [0, 0.1) is 11.8 Å². The molecule has 6 nitrogen and oxygen atoms in total. The first-order valence-corrected chi connectivity index (χ1v) is 8.64. The Morgan fingerprint density at radius 2 is 2.13 bits per heavy atom. The minimum absolute atomic E-state index is 0.0726. The fraction of sp³-hybridized carbons (Fsp3) is 0.562. The number of carbonyl (C=O) groups excluding carboxylic acids is 2. The largest absolute Gasteiger partial charge is 0.481 e. The van der Waals surface area contributed by atoms with Crippen LogP contribution in [0.25, 0.3) is 0 Å². The Morgan fingerprint density at radius 3 is 2.70 bits per heavy atom. The summed E-state index contributed by atoms with van der Waals surface area (Å²) in [5.74, 6) is -1.92. The average Bonchev–Trinajstić information content (AvgIpc) is 3.06. The molecule has 1 saturated heterocycles. The lowest BCUT2D eigenvalue weighted by Crippen LogP contribution is -2.54. The molecule has 2 heterocycles. The number of carboxylic acids is 1. The van der Waals surface area contributed by atoms with Crippen LogP contribution in [0.3, 0.4) is 0 Å². The highest BCUT2D eigenvalue weighted by atomic mass is 32.1. The van der Waals surface area contributed by atoms with Crippen molar-refractivity contribution < 1.29 is 19.5 Å². The van der Waals surface area contributed by atoms with Crippen molar-refractivity contribution in [3.63, 3.8) is 0 Å². The number of nitrogens with zero attached hydrogens (tertiary/aromatic N) is 1. The van der Waals surface area contributed by atoms with E-state index in [0.29, 0.717) is 24.3 Å². The molecule has 0 bridgehead atoms. The molecule has 23 heavy (non-hydrogen) atoms. The minimum atomic E-state index is -0.869. The number of piperidine rings is 1. The maximum atomic E-state index is 12.7. The van der Waals surface area contributed by atoms with Crippen molar-refractivity contribution in [2.75, 3.05) is 13.1 Å². The van der Waals surface area contributed by atoms with Crippen LogP contribution in [0.5, 0.6) is 0 Å². The molecule has 1 aliphatic rings. The summed E-state index contributed by atoms with van der Waals surface area (Å²) in [5, 5.41) is 13.8. The number of aliphatic carboxylic acids is 1. The molecule has 1 unspecified atom stereocenters. The summed E-state index contributed by atoms with van der Waals surface area (Å²) in [7, 11) is 0. The summed E-state index contributed by atoms with van der Waals surface area (Å²) in [5.41, 5.74) is 0. The number of likely N-dealkylation sites (tertiary alicyclic amines) is 1. The molecule has 2 N–H and O–H groups in total. The van der Waals surface area contributed by atoms with Crippen LogP contribution in [-0.4, -0.2) is 46.9 Å². The predicted molar refractivity (Wildman–Crippen MR) is 87.4 cm³/mol. The van der Waals surface area contributed by atoms with E-state index >= 15 is 0 Å². The molecule has 1 aromatic heterocycles. The molecule has 0 spiro atoms. The van der Waals surface area contributed by atoms with Gasteiger partial charge in [0.2, 0.25) is 5.91 Å². The van der Waals surface area contributed by atoms with Gasteiger partial charge in [0, 0.05) is 13.1 Å². The lowest BCUT2D eigenvalue weighted by molar-refractivity contribution is -0.146. The van der Waals surface area contributed by atoms with Crippen LogP contribution in [0.1, 0.15) is 36.4 Å². The number of amides is 2. The van der Waals surface area contributed by atoms with E-state index < -0.39 is 17.9 Å². The summed E-state index contributed by atoms with van der Waals surface area (Å²) in [4.78, 5) is 38.2. The Labute approximate surface area is 139 Å². The van der Waals surface area contributed by atoms with Crippen molar-refractivity contribution in [2.45, 2.75) is 32.7 Å². The number of hydrogen-bond donors (Lipinski definition) is 2. The lowest BCUT2D eigenvalue weighted by Gasteiger charge is -2.34. The maximum absolute atomic E-state index is 12.7. The molecule has 0 saturated carbocycles. The molecule has 0 aliphatic carbocycles. The Kier molecular flexibility index (Phi) is 5.76. The molecular weight excluding hydrogens is 316 g/mol. The van der Waals surface area contributed by atoms with Gasteiger partial charge in [-0.3, -0.25) is 14.4 Å². The van der Waals surface area contributed by atoms with E-state index in [1.165, 1.54) is 11.3 Å². The normalized spacial score (nSPS) is 19.4. The highest BCUT2D eigenvalue weighted by Crippen LogP contribution is 2.19. The number of carboxylic acid groups (broad SMARTS) is 1. The van der Waals surface area contributed by atoms with Gasteiger partial charge in [-0.2, -0.15) is 0 Å². The van der Waals surface area contributed by atoms with Gasteiger partial charge in [0.1, 0.15) is 6.04 Å². The third kappa shape index (κ3) is 4.31. The summed E-state index contributed by atoms with van der Waals surface area (Å²) in [6.07, 6.45) is 1.26. The average molecular weight is 338 g/mol. The fourth-order valence-electron chi connectivity index (χ4n) is 2.71. The third-order valence-electron chi connectivity index (χ3n) is 4.05. The van der Waals surface area contributed by atoms with Gasteiger partial charge in [-0.25, -0.2) is 0 Å². The zero-order valence-corrected chi connectivity index (χ0v) is 14.1. The topological polar surface area (TPSA) is 86.7 Å². The highest BCUT2D eigenvalue weighted by Gasteiger charge is 2.33. The van der Waals surface area contributed by atoms with Gasteiger partial charge in [-0.05, 0) is 30.2 Å². The Bertz CT molecular complexity index is 571. The molecule has 1 aliphatic heterocycles. The zero-order valence-electron chi connectivity index (χ0n) is 13.3. The zero-order chi connectivity index (χ0) is 17.0. The van der Waals surface area contributed by atoms with E-state index in [9.17, 15) is 14.4 Å². The van der Waals surface area contributed by atoms with Gasteiger partial charge in [0.15, 0.2) is 0 Å². The molecule has 126 valence electrons.